The molecule has 180 valence electrons. The number of hydrogen-bond acceptors (Lipinski definition) is 4. The number of phenolic OH excluding ortho intramolecular Hbond substituents is 1. The summed E-state index contributed by atoms with van der Waals surface area (Å²) in [5, 5.41) is 10.4. The van der Waals surface area contributed by atoms with E-state index in [1.165, 1.54) is 6.07 Å². The fourth-order valence-corrected chi connectivity index (χ4v) is 4.51. The van der Waals surface area contributed by atoms with Gasteiger partial charge in [0, 0.05) is 42.9 Å². The monoisotopic (exact) mass is 474 g/mol. The highest BCUT2D eigenvalue weighted by Gasteiger charge is 2.43. The van der Waals surface area contributed by atoms with Gasteiger partial charge in [-0.25, -0.2) is 0 Å². The molecule has 1 saturated heterocycles. The molecule has 0 aliphatic carbocycles. The van der Waals surface area contributed by atoms with Crippen molar-refractivity contribution < 1.29 is 32.6 Å². The number of nitrogens with zero attached hydrogens (tertiary/aromatic N) is 2. The molecule has 0 radical (unpaired) electrons. The molecule has 0 bridgehead atoms. The summed E-state index contributed by atoms with van der Waals surface area (Å²) >= 11 is 0. The molecule has 2 amide bonds. The van der Waals surface area contributed by atoms with Gasteiger partial charge >= 0.3 is 12.1 Å². The van der Waals surface area contributed by atoms with Gasteiger partial charge in [-0.2, -0.15) is 13.2 Å². The van der Waals surface area contributed by atoms with Crippen LogP contribution in [0.5, 0.6) is 17.2 Å². The van der Waals surface area contributed by atoms with Crippen molar-refractivity contribution in [3.8, 4) is 17.2 Å². The van der Waals surface area contributed by atoms with Crippen molar-refractivity contribution in [2.45, 2.75) is 32.9 Å². The molecule has 34 heavy (non-hydrogen) atoms. The molecule has 0 unspecified atom stereocenters. The van der Waals surface area contributed by atoms with E-state index in [9.17, 15) is 27.9 Å². The number of carbonyl (C=O) groups is 2. The SMILES string of the molecule is CCN(CC)C(=O)c1ccc2c(c1)Oc1c(O)cccc1C2=C1CCN(C(=O)C(F)(F)F)CC1. The fourth-order valence-electron chi connectivity index (χ4n) is 4.51. The lowest BCUT2D eigenvalue weighted by molar-refractivity contribution is -0.185. The van der Waals surface area contributed by atoms with Gasteiger partial charge < -0.3 is 19.6 Å². The van der Waals surface area contributed by atoms with Crippen LogP contribution < -0.4 is 4.74 Å². The van der Waals surface area contributed by atoms with E-state index in [0.29, 0.717) is 35.5 Å². The molecule has 9 heteroatoms. The number of halogens is 3. The third-order valence-corrected chi connectivity index (χ3v) is 6.27. The van der Waals surface area contributed by atoms with E-state index in [-0.39, 0.29) is 43.3 Å². The molecule has 0 spiro atoms. The van der Waals surface area contributed by atoms with Crippen LogP contribution in [0.3, 0.4) is 0 Å². The van der Waals surface area contributed by atoms with Crippen molar-refractivity contribution in [1.82, 2.24) is 9.80 Å². The molecule has 6 nitrogen and oxygen atoms in total. The van der Waals surface area contributed by atoms with Gasteiger partial charge in [-0.1, -0.05) is 17.7 Å². The van der Waals surface area contributed by atoms with Gasteiger partial charge in [0.25, 0.3) is 5.91 Å². The zero-order chi connectivity index (χ0) is 24.6. The first-order valence-corrected chi connectivity index (χ1v) is 11.2. The van der Waals surface area contributed by atoms with Crippen molar-refractivity contribution in [3.05, 3.63) is 58.7 Å². The second-order valence-corrected chi connectivity index (χ2v) is 8.21. The average Bonchev–Trinajstić information content (AvgIpc) is 2.82. The third-order valence-electron chi connectivity index (χ3n) is 6.27. The number of likely N-dealkylation sites (tertiary alicyclic amines) is 1. The van der Waals surface area contributed by atoms with Crippen LogP contribution in [0.2, 0.25) is 0 Å². The minimum absolute atomic E-state index is 0.0555. The summed E-state index contributed by atoms with van der Waals surface area (Å²) in [6.07, 6.45) is -4.39. The van der Waals surface area contributed by atoms with E-state index in [4.69, 9.17) is 4.74 Å². The lowest BCUT2D eigenvalue weighted by Gasteiger charge is -2.32. The number of benzene rings is 2. The topological polar surface area (TPSA) is 70.1 Å². The van der Waals surface area contributed by atoms with Crippen LogP contribution in [0.1, 0.15) is 48.2 Å². The van der Waals surface area contributed by atoms with E-state index >= 15 is 0 Å². The molecular weight excluding hydrogens is 449 g/mol. The van der Waals surface area contributed by atoms with Gasteiger partial charge in [0.15, 0.2) is 11.5 Å². The van der Waals surface area contributed by atoms with Gasteiger partial charge in [0.05, 0.1) is 0 Å². The number of rotatable bonds is 3. The summed E-state index contributed by atoms with van der Waals surface area (Å²) < 4.78 is 44.6. The lowest BCUT2D eigenvalue weighted by atomic mass is 9.85. The molecule has 0 aromatic heterocycles. The van der Waals surface area contributed by atoms with E-state index in [0.717, 1.165) is 16.0 Å². The Morgan fingerprint density at radius 3 is 2.35 bits per heavy atom. The van der Waals surface area contributed by atoms with Crippen molar-refractivity contribution >= 4 is 17.4 Å². The second kappa shape index (κ2) is 9.04. The molecule has 2 aliphatic rings. The van der Waals surface area contributed by atoms with E-state index in [2.05, 4.69) is 0 Å². The number of fused-ring (bicyclic) bond motifs is 2. The van der Waals surface area contributed by atoms with Gasteiger partial charge in [0.1, 0.15) is 5.75 Å². The summed E-state index contributed by atoms with van der Waals surface area (Å²) in [6.45, 7) is 4.78. The predicted octanol–water partition coefficient (Wildman–Crippen LogP) is 4.97. The van der Waals surface area contributed by atoms with Crippen LogP contribution >= 0.6 is 0 Å². The number of aromatic hydroxyl groups is 1. The maximum absolute atomic E-state index is 12.9. The number of amides is 2. The molecule has 2 aromatic rings. The number of phenols is 1. The molecule has 2 aromatic carbocycles. The molecule has 4 rings (SSSR count). The second-order valence-electron chi connectivity index (χ2n) is 8.21. The molecule has 1 N–H and O–H groups in total. The standard InChI is InChI=1S/C25H25F3N2O4/c1-3-29(4-2)23(32)16-8-9-17-20(14-16)34-22-18(6-5-7-19(22)31)21(17)15-10-12-30(13-11-15)24(33)25(26,27)28/h5-9,14,31H,3-4,10-13H2,1-2H3. The third kappa shape index (κ3) is 4.22. The van der Waals surface area contributed by atoms with Crippen LogP contribution in [-0.4, -0.2) is 59.1 Å². The first-order valence-electron chi connectivity index (χ1n) is 11.2. The molecule has 0 atom stereocenters. The molecule has 0 saturated carbocycles. The summed E-state index contributed by atoms with van der Waals surface area (Å²) in [5.41, 5.74) is 3.38. The Balaban J connectivity index is 1.75. The molecule has 2 heterocycles. The van der Waals surface area contributed by atoms with Gasteiger partial charge in [-0.3, -0.25) is 9.59 Å². The normalized spacial score (nSPS) is 15.4. The highest BCUT2D eigenvalue weighted by atomic mass is 19.4. The van der Waals surface area contributed by atoms with E-state index < -0.39 is 12.1 Å². The highest BCUT2D eigenvalue weighted by Crippen LogP contribution is 2.50. The Bertz CT molecular complexity index is 1160. The fraction of sp³-hybridized carbons (Fsp3) is 0.360. The zero-order valence-corrected chi connectivity index (χ0v) is 18.9. The lowest BCUT2D eigenvalue weighted by Crippen LogP contribution is -2.44. The maximum Gasteiger partial charge on any atom is 0.471 e. The Morgan fingerprint density at radius 2 is 1.74 bits per heavy atom. The molecule has 1 fully saturated rings. The van der Waals surface area contributed by atoms with Gasteiger partial charge in [-0.15, -0.1) is 0 Å². The van der Waals surface area contributed by atoms with Crippen LogP contribution in [0.15, 0.2) is 42.0 Å². The Labute approximate surface area is 195 Å². The van der Waals surface area contributed by atoms with Gasteiger partial charge in [-0.05, 0) is 56.5 Å². The number of hydrogen-bond donors (Lipinski definition) is 1. The highest BCUT2D eigenvalue weighted by molar-refractivity contribution is 5.97. The number of para-hydroxylation sites is 1. The Morgan fingerprint density at radius 1 is 1.06 bits per heavy atom. The van der Waals surface area contributed by atoms with Crippen LogP contribution in [0, 0.1) is 0 Å². The summed E-state index contributed by atoms with van der Waals surface area (Å²) in [7, 11) is 0. The predicted molar refractivity (Wildman–Crippen MR) is 120 cm³/mol. The average molecular weight is 474 g/mol. The van der Waals surface area contributed by atoms with Crippen molar-refractivity contribution in [2.24, 2.45) is 0 Å². The number of ether oxygens (including phenoxy) is 1. The number of piperidine rings is 1. The van der Waals surface area contributed by atoms with E-state index in [1.807, 2.05) is 13.8 Å². The Hall–Kier alpha value is -3.49. The van der Waals surface area contributed by atoms with Crippen molar-refractivity contribution in [2.75, 3.05) is 26.2 Å². The first-order chi connectivity index (χ1) is 16.2. The van der Waals surface area contributed by atoms with E-state index in [1.54, 1.807) is 35.2 Å². The summed E-state index contributed by atoms with van der Waals surface area (Å²) in [6, 6.07) is 10.1. The van der Waals surface area contributed by atoms with Crippen LogP contribution in [0.25, 0.3) is 5.57 Å². The smallest absolute Gasteiger partial charge is 0.471 e. The van der Waals surface area contributed by atoms with Crippen LogP contribution in [0.4, 0.5) is 13.2 Å². The first kappa shape index (κ1) is 23.7. The minimum atomic E-state index is -4.90. The Kier molecular flexibility index (Phi) is 6.29. The quantitative estimate of drug-likeness (QED) is 0.582. The number of carbonyl (C=O) groups excluding carboxylic acids is 2. The zero-order valence-electron chi connectivity index (χ0n) is 18.9. The summed E-state index contributed by atoms with van der Waals surface area (Å²) in [5.74, 6) is -1.43. The van der Waals surface area contributed by atoms with Gasteiger partial charge in [0.2, 0.25) is 0 Å². The summed E-state index contributed by atoms with van der Waals surface area (Å²) in [4.78, 5) is 27.0. The van der Waals surface area contributed by atoms with Crippen molar-refractivity contribution in [1.29, 1.82) is 0 Å². The largest absolute Gasteiger partial charge is 0.504 e. The molecular formula is C25H25F3N2O4. The number of alkyl halides is 3. The maximum atomic E-state index is 12.9. The minimum Gasteiger partial charge on any atom is -0.504 e. The van der Waals surface area contributed by atoms with Crippen molar-refractivity contribution in [3.63, 3.8) is 0 Å². The molecule has 2 aliphatic heterocycles. The van der Waals surface area contributed by atoms with Crippen LogP contribution in [-0.2, 0) is 4.79 Å².